The van der Waals surface area contributed by atoms with Crippen LogP contribution in [0.25, 0.3) is 0 Å². The van der Waals surface area contributed by atoms with Gasteiger partial charge in [0, 0.05) is 6.04 Å². The number of aryl methyl sites for hydroxylation is 1. The van der Waals surface area contributed by atoms with E-state index in [1.807, 2.05) is 25.2 Å². The third-order valence-electron chi connectivity index (χ3n) is 3.80. The minimum absolute atomic E-state index is 0.218. The molecular formula is C18H23NO2. The van der Waals surface area contributed by atoms with Crippen molar-refractivity contribution < 1.29 is 9.47 Å². The predicted octanol–water partition coefficient (Wildman–Crippen LogP) is 3.52. The van der Waals surface area contributed by atoms with Gasteiger partial charge in [-0.2, -0.15) is 0 Å². The summed E-state index contributed by atoms with van der Waals surface area (Å²) < 4.78 is 10.9. The number of para-hydroxylation sites is 1. The zero-order valence-corrected chi connectivity index (χ0v) is 13.1. The molecule has 1 atom stereocenters. The highest BCUT2D eigenvalue weighted by atomic mass is 16.5. The summed E-state index contributed by atoms with van der Waals surface area (Å²) in [6.45, 7) is 2.05. The van der Waals surface area contributed by atoms with Crippen LogP contribution in [0.2, 0.25) is 0 Å². The van der Waals surface area contributed by atoms with Gasteiger partial charge in [-0.15, -0.1) is 0 Å². The SMILES string of the molecule is CNC(Cc1ccccc1OC)c1ccc(C)c(OC)c1. The summed E-state index contributed by atoms with van der Waals surface area (Å²) >= 11 is 0. The van der Waals surface area contributed by atoms with Crippen LogP contribution in [-0.2, 0) is 6.42 Å². The Balaban J connectivity index is 2.27. The van der Waals surface area contributed by atoms with Crippen molar-refractivity contribution in [3.05, 3.63) is 59.2 Å². The van der Waals surface area contributed by atoms with Crippen LogP contribution in [0.15, 0.2) is 42.5 Å². The van der Waals surface area contributed by atoms with Crippen LogP contribution >= 0.6 is 0 Å². The van der Waals surface area contributed by atoms with Crippen LogP contribution in [0.1, 0.15) is 22.7 Å². The lowest BCUT2D eigenvalue weighted by Gasteiger charge is -2.19. The van der Waals surface area contributed by atoms with E-state index in [2.05, 4.69) is 36.5 Å². The van der Waals surface area contributed by atoms with Gasteiger partial charge in [0.1, 0.15) is 11.5 Å². The highest BCUT2D eigenvalue weighted by Gasteiger charge is 2.14. The molecule has 0 aromatic heterocycles. The summed E-state index contributed by atoms with van der Waals surface area (Å²) in [5.74, 6) is 1.85. The highest BCUT2D eigenvalue weighted by molar-refractivity contribution is 5.40. The molecule has 2 aromatic rings. The number of hydrogen-bond donors (Lipinski definition) is 1. The van der Waals surface area contributed by atoms with E-state index in [1.54, 1.807) is 14.2 Å². The van der Waals surface area contributed by atoms with Gasteiger partial charge in [0.25, 0.3) is 0 Å². The molecule has 112 valence electrons. The first-order valence-electron chi connectivity index (χ1n) is 7.13. The molecule has 0 radical (unpaired) electrons. The second-order valence-corrected chi connectivity index (χ2v) is 5.09. The van der Waals surface area contributed by atoms with E-state index in [4.69, 9.17) is 9.47 Å². The first-order valence-corrected chi connectivity index (χ1v) is 7.13. The van der Waals surface area contributed by atoms with E-state index >= 15 is 0 Å². The molecule has 1 unspecified atom stereocenters. The molecule has 0 heterocycles. The Kier molecular flexibility index (Phi) is 5.23. The van der Waals surface area contributed by atoms with Crippen LogP contribution in [0.4, 0.5) is 0 Å². The molecule has 0 saturated carbocycles. The molecule has 0 aliphatic carbocycles. The summed E-state index contributed by atoms with van der Waals surface area (Å²) in [6, 6.07) is 14.7. The van der Waals surface area contributed by atoms with Crippen molar-refractivity contribution in [2.24, 2.45) is 0 Å². The monoisotopic (exact) mass is 285 g/mol. The van der Waals surface area contributed by atoms with E-state index in [1.165, 1.54) is 11.1 Å². The van der Waals surface area contributed by atoms with E-state index in [-0.39, 0.29) is 6.04 Å². The summed E-state index contributed by atoms with van der Waals surface area (Å²) in [5.41, 5.74) is 3.55. The van der Waals surface area contributed by atoms with Crippen LogP contribution < -0.4 is 14.8 Å². The van der Waals surface area contributed by atoms with Crippen molar-refractivity contribution >= 4 is 0 Å². The zero-order chi connectivity index (χ0) is 15.2. The van der Waals surface area contributed by atoms with Gasteiger partial charge in [-0.3, -0.25) is 0 Å². The lowest BCUT2D eigenvalue weighted by atomic mass is 9.97. The van der Waals surface area contributed by atoms with Crippen LogP contribution in [0.3, 0.4) is 0 Å². The summed E-state index contributed by atoms with van der Waals surface area (Å²) in [4.78, 5) is 0. The molecule has 0 bridgehead atoms. The van der Waals surface area contributed by atoms with Crippen LogP contribution in [-0.4, -0.2) is 21.3 Å². The minimum atomic E-state index is 0.218. The zero-order valence-electron chi connectivity index (χ0n) is 13.1. The van der Waals surface area contributed by atoms with Crippen molar-refractivity contribution in [3.63, 3.8) is 0 Å². The normalized spacial score (nSPS) is 12.0. The fourth-order valence-corrected chi connectivity index (χ4v) is 2.53. The molecule has 0 saturated heterocycles. The lowest BCUT2D eigenvalue weighted by Crippen LogP contribution is -2.19. The second kappa shape index (κ2) is 7.14. The van der Waals surface area contributed by atoms with Gasteiger partial charge in [-0.1, -0.05) is 30.3 Å². The molecule has 21 heavy (non-hydrogen) atoms. The number of ether oxygens (including phenoxy) is 2. The number of benzene rings is 2. The topological polar surface area (TPSA) is 30.5 Å². The molecule has 3 heteroatoms. The van der Waals surface area contributed by atoms with Crippen LogP contribution in [0, 0.1) is 6.92 Å². The van der Waals surface area contributed by atoms with Crippen molar-refractivity contribution in [3.8, 4) is 11.5 Å². The van der Waals surface area contributed by atoms with Gasteiger partial charge in [0.05, 0.1) is 14.2 Å². The molecule has 0 amide bonds. The Morgan fingerprint density at radius 2 is 1.71 bits per heavy atom. The maximum absolute atomic E-state index is 5.44. The summed E-state index contributed by atoms with van der Waals surface area (Å²) in [5, 5.41) is 3.38. The first-order chi connectivity index (χ1) is 10.2. The fraction of sp³-hybridized carbons (Fsp3) is 0.333. The standard InChI is InChI=1S/C18H23NO2/c1-13-9-10-14(12-18(13)21-4)16(19-2)11-15-7-5-6-8-17(15)20-3/h5-10,12,16,19H,11H2,1-4H3. The molecule has 0 spiro atoms. The smallest absolute Gasteiger partial charge is 0.122 e. The molecule has 0 aliphatic rings. The molecule has 3 nitrogen and oxygen atoms in total. The van der Waals surface area contributed by atoms with Gasteiger partial charge in [-0.25, -0.2) is 0 Å². The number of nitrogens with one attached hydrogen (secondary N) is 1. The third-order valence-corrected chi connectivity index (χ3v) is 3.80. The summed E-state index contributed by atoms with van der Waals surface area (Å²) in [7, 11) is 5.40. The largest absolute Gasteiger partial charge is 0.496 e. The van der Waals surface area contributed by atoms with Crippen LogP contribution in [0.5, 0.6) is 11.5 Å². The Labute approximate surface area is 126 Å². The number of likely N-dealkylation sites (N-methyl/N-ethyl adjacent to an activating group) is 1. The minimum Gasteiger partial charge on any atom is -0.496 e. The first kappa shape index (κ1) is 15.4. The number of methoxy groups -OCH3 is 2. The van der Waals surface area contributed by atoms with Crippen molar-refractivity contribution in [2.45, 2.75) is 19.4 Å². The Hall–Kier alpha value is -2.00. The molecule has 0 fully saturated rings. The van der Waals surface area contributed by atoms with E-state index in [0.717, 1.165) is 23.5 Å². The quantitative estimate of drug-likeness (QED) is 0.881. The highest BCUT2D eigenvalue weighted by Crippen LogP contribution is 2.28. The van der Waals surface area contributed by atoms with Gasteiger partial charge in [-0.05, 0) is 49.2 Å². The van der Waals surface area contributed by atoms with E-state index in [9.17, 15) is 0 Å². The average Bonchev–Trinajstić information content (AvgIpc) is 2.53. The van der Waals surface area contributed by atoms with Gasteiger partial charge in [0.2, 0.25) is 0 Å². The number of hydrogen-bond acceptors (Lipinski definition) is 3. The molecule has 2 aromatic carbocycles. The maximum Gasteiger partial charge on any atom is 0.122 e. The maximum atomic E-state index is 5.44. The Bertz CT molecular complexity index is 596. The number of rotatable bonds is 6. The predicted molar refractivity (Wildman–Crippen MR) is 86.2 cm³/mol. The van der Waals surface area contributed by atoms with E-state index < -0.39 is 0 Å². The Morgan fingerprint density at radius 1 is 1.00 bits per heavy atom. The lowest BCUT2D eigenvalue weighted by molar-refractivity contribution is 0.405. The van der Waals surface area contributed by atoms with E-state index in [0.29, 0.717) is 0 Å². The van der Waals surface area contributed by atoms with Gasteiger partial charge >= 0.3 is 0 Å². The third kappa shape index (κ3) is 3.56. The van der Waals surface area contributed by atoms with Crippen molar-refractivity contribution in [2.75, 3.05) is 21.3 Å². The Morgan fingerprint density at radius 3 is 2.38 bits per heavy atom. The molecule has 2 rings (SSSR count). The second-order valence-electron chi connectivity index (χ2n) is 5.09. The van der Waals surface area contributed by atoms with Crippen molar-refractivity contribution in [1.29, 1.82) is 0 Å². The molecule has 1 N–H and O–H groups in total. The van der Waals surface area contributed by atoms with Gasteiger partial charge in [0.15, 0.2) is 0 Å². The fourth-order valence-electron chi connectivity index (χ4n) is 2.53. The van der Waals surface area contributed by atoms with Gasteiger partial charge < -0.3 is 14.8 Å². The average molecular weight is 285 g/mol. The van der Waals surface area contributed by atoms with Crippen molar-refractivity contribution in [1.82, 2.24) is 5.32 Å². The summed E-state index contributed by atoms with van der Waals surface area (Å²) in [6.07, 6.45) is 0.868. The molecule has 0 aliphatic heterocycles. The molecular weight excluding hydrogens is 262 g/mol.